The summed E-state index contributed by atoms with van der Waals surface area (Å²) in [7, 11) is 0. The molecular weight excluding hydrogens is 208 g/mol. The largest absolute Gasteiger partial charge is 0.489 e. The summed E-state index contributed by atoms with van der Waals surface area (Å²) < 4.78 is 10.6. The van der Waals surface area contributed by atoms with Crippen LogP contribution in [0.25, 0.3) is 0 Å². The van der Waals surface area contributed by atoms with Crippen LogP contribution < -0.4 is 9.47 Å². The van der Waals surface area contributed by atoms with E-state index in [0.717, 1.165) is 0 Å². The van der Waals surface area contributed by atoms with E-state index in [1.165, 1.54) is 0 Å². The van der Waals surface area contributed by atoms with E-state index in [1.807, 2.05) is 19.9 Å². The highest BCUT2D eigenvalue weighted by Gasteiger charge is 2.06. The van der Waals surface area contributed by atoms with Gasteiger partial charge in [0.1, 0.15) is 0 Å². The number of rotatable bonds is 6. The van der Waals surface area contributed by atoms with Crippen LogP contribution in [-0.2, 0) is 4.79 Å². The van der Waals surface area contributed by atoms with Crippen LogP contribution in [0.1, 0.15) is 13.8 Å². The van der Waals surface area contributed by atoms with Gasteiger partial charge in [-0.25, -0.2) is 4.79 Å². The zero-order valence-electron chi connectivity index (χ0n) is 9.47. The summed E-state index contributed by atoms with van der Waals surface area (Å²) in [5, 5.41) is 8.52. The Bertz CT molecular complexity index is 347. The molecule has 4 nitrogen and oxygen atoms in total. The van der Waals surface area contributed by atoms with Crippen molar-refractivity contribution in [2.24, 2.45) is 5.92 Å². The number of ether oxygens (including phenoxy) is 2. The molecule has 4 heteroatoms. The van der Waals surface area contributed by atoms with Gasteiger partial charge < -0.3 is 14.6 Å². The first-order chi connectivity index (χ1) is 7.59. The molecule has 1 aromatic carbocycles. The monoisotopic (exact) mass is 224 g/mol. The summed E-state index contributed by atoms with van der Waals surface area (Å²) in [5.74, 6) is 0.453. The minimum Gasteiger partial charge on any atom is -0.489 e. The molecule has 0 saturated carbocycles. The number of carboxylic acid groups (broad SMARTS) is 1. The van der Waals surface area contributed by atoms with Crippen molar-refractivity contribution in [3.05, 3.63) is 24.3 Å². The van der Waals surface area contributed by atoms with Gasteiger partial charge in [-0.1, -0.05) is 26.0 Å². The first-order valence-corrected chi connectivity index (χ1v) is 5.16. The van der Waals surface area contributed by atoms with Gasteiger partial charge in [0.2, 0.25) is 0 Å². The molecule has 0 fully saturated rings. The lowest BCUT2D eigenvalue weighted by molar-refractivity contribution is -0.139. The van der Waals surface area contributed by atoms with Crippen molar-refractivity contribution >= 4 is 5.97 Å². The number of aliphatic carboxylic acids is 1. The number of hydrogen-bond acceptors (Lipinski definition) is 3. The molecule has 0 aliphatic carbocycles. The van der Waals surface area contributed by atoms with Crippen molar-refractivity contribution in [3.63, 3.8) is 0 Å². The third-order valence-corrected chi connectivity index (χ3v) is 1.77. The van der Waals surface area contributed by atoms with E-state index in [4.69, 9.17) is 14.6 Å². The van der Waals surface area contributed by atoms with Crippen LogP contribution in [0.15, 0.2) is 24.3 Å². The lowest BCUT2D eigenvalue weighted by Gasteiger charge is -2.12. The van der Waals surface area contributed by atoms with Crippen molar-refractivity contribution in [1.82, 2.24) is 0 Å². The summed E-state index contributed by atoms with van der Waals surface area (Å²) in [5.41, 5.74) is 0. The number of hydrogen-bond donors (Lipinski definition) is 1. The highest BCUT2D eigenvalue weighted by atomic mass is 16.5. The van der Waals surface area contributed by atoms with E-state index in [1.54, 1.807) is 18.2 Å². The second kappa shape index (κ2) is 6.00. The molecule has 0 aliphatic heterocycles. The summed E-state index contributed by atoms with van der Waals surface area (Å²) in [6.45, 7) is 4.30. The SMILES string of the molecule is CC(C)COc1ccccc1OCC(=O)O. The normalized spacial score (nSPS) is 10.2. The highest BCUT2D eigenvalue weighted by Crippen LogP contribution is 2.26. The molecule has 0 amide bonds. The standard InChI is InChI=1S/C12H16O4/c1-9(2)7-15-10-5-3-4-6-11(10)16-8-12(13)14/h3-6,9H,7-8H2,1-2H3,(H,13,14). The van der Waals surface area contributed by atoms with Gasteiger partial charge in [0.25, 0.3) is 0 Å². The van der Waals surface area contributed by atoms with Crippen LogP contribution >= 0.6 is 0 Å². The zero-order chi connectivity index (χ0) is 12.0. The molecule has 0 unspecified atom stereocenters. The van der Waals surface area contributed by atoms with Crippen molar-refractivity contribution in [1.29, 1.82) is 0 Å². The van der Waals surface area contributed by atoms with Crippen molar-refractivity contribution < 1.29 is 19.4 Å². The maximum atomic E-state index is 10.4. The van der Waals surface area contributed by atoms with Gasteiger partial charge in [-0.05, 0) is 18.1 Å². The first-order valence-electron chi connectivity index (χ1n) is 5.16. The summed E-state index contributed by atoms with van der Waals surface area (Å²) >= 11 is 0. The minimum atomic E-state index is -1.00. The quantitative estimate of drug-likeness (QED) is 0.804. The molecule has 0 aromatic heterocycles. The number of benzene rings is 1. The second-order valence-electron chi connectivity index (χ2n) is 3.83. The van der Waals surface area contributed by atoms with E-state index >= 15 is 0 Å². The summed E-state index contributed by atoms with van der Waals surface area (Å²) in [6, 6.07) is 7.06. The van der Waals surface area contributed by atoms with Crippen LogP contribution in [0, 0.1) is 5.92 Å². The van der Waals surface area contributed by atoms with Crippen molar-refractivity contribution in [3.8, 4) is 11.5 Å². The van der Waals surface area contributed by atoms with Gasteiger partial charge in [0.15, 0.2) is 18.1 Å². The molecule has 1 N–H and O–H groups in total. The smallest absolute Gasteiger partial charge is 0.341 e. The van der Waals surface area contributed by atoms with Gasteiger partial charge in [-0.2, -0.15) is 0 Å². The third kappa shape index (κ3) is 4.21. The molecule has 0 atom stereocenters. The molecule has 0 bridgehead atoms. The molecule has 0 heterocycles. The minimum absolute atomic E-state index is 0.359. The van der Waals surface area contributed by atoms with Gasteiger partial charge >= 0.3 is 5.97 Å². The third-order valence-electron chi connectivity index (χ3n) is 1.77. The van der Waals surface area contributed by atoms with E-state index < -0.39 is 5.97 Å². The molecular formula is C12H16O4. The van der Waals surface area contributed by atoms with Gasteiger partial charge in [0, 0.05) is 0 Å². The Labute approximate surface area is 94.8 Å². The lowest BCUT2D eigenvalue weighted by atomic mass is 10.2. The Morgan fingerprint density at radius 1 is 1.25 bits per heavy atom. The highest BCUT2D eigenvalue weighted by molar-refractivity contribution is 5.68. The van der Waals surface area contributed by atoms with Crippen LogP contribution in [0.2, 0.25) is 0 Å². The Kier molecular flexibility index (Phi) is 4.64. The lowest BCUT2D eigenvalue weighted by Crippen LogP contribution is -2.11. The number of carboxylic acids is 1. The van der Waals surface area contributed by atoms with E-state index in [0.29, 0.717) is 24.0 Å². The van der Waals surface area contributed by atoms with Crippen molar-refractivity contribution in [2.75, 3.05) is 13.2 Å². The zero-order valence-corrected chi connectivity index (χ0v) is 9.47. The molecule has 88 valence electrons. The molecule has 1 rings (SSSR count). The van der Waals surface area contributed by atoms with Gasteiger partial charge in [-0.15, -0.1) is 0 Å². The number of carbonyl (C=O) groups is 1. The average Bonchev–Trinajstić information content (AvgIpc) is 2.24. The fraction of sp³-hybridized carbons (Fsp3) is 0.417. The Morgan fingerprint density at radius 3 is 2.31 bits per heavy atom. The summed E-state index contributed by atoms with van der Waals surface area (Å²) in [4.78, 5) is 10.4. The fourth-order valence-corrected chi connectivity index (χ4v) is 1.08. The van der Waals surface area contributed by atoms with Crippen LogP contribution in [-0.4, -0.2) is 24.3 Å². The Hall–Kier alpha value is -1.71. The van der Waals surface area contributed by atoms with Gasteiger partial charge in [-0.3, -0.25) is 0 Å². The molecule has 0 spiro atoms. The fourth-order valence-electron chi connectivity index (χ4n) is 1.08. The molecule has 0 aliphatic rings. The molecule has 16 heavy (non-hydrogen) atoms. The van der Waals surface area contributed by atoms with Crippen LogP contribution in [0.4, 0.5) is 0 Å². The maximum Gasteiger partial charge on any atom is 0.341 e. The second-order valence-corrected chi connectivity index (χ2v) is 3.83. The molecule has 1 aromatic rings. The Morgan fingerprint density at radius 2 is 1.81 bits per heavy atom. The number of para-hydroxylation sites is 2. The average molecular weight is 224 g/mol. The predicted molar refractivity (Wildman–Crippen MR) is 59.9 cm³/mol. The molecule has 0 saturated heterocycles. The van der Waals surface area contributed by atoms with Crippen LogP contribution in [0.3, 0.4) is 0 Å². The predicted octanol–water partition coefficient (Wildman–Crippen LogP) is 2.18. The summed E-state index contributed by atoms with van der Waals surface area (Å²) in [6.07, 6.45) is 0. The van der Waals surface area contributed by atoms with Crippen LogP contribution in [0.5, 0.6) is 11.5 Å². The molecule has 0 radical (unpaired) electrons. The Balaban J connectivity index is 2.63. The van der Waals surface area contributed by atoms with Gasteiger partial charge in [0.05, 0.1) is 6.61 Å². The maximum absolute atomic E-state index is 10.4. The van der Waals surface area contributed by atoms with E-state index in [9.17, 15) is 4.79 Å². The van der Waals surface area contributed by atoms with E-state index in [-0.39, 0.29) is 6.61 Å². The van der Waals surface area contributed by atoms with Crippen molar-refractivity contribution in [2.45, 2.75) is 13.8 Å². The van der Waals surface area contributed by atoms with E-state index in [2.05, 4.69) is 0 Å². The first kappa shape index (κ1) is 12.4. The topological polar surface area (TPSA) is 55.8 Å².